The Hall–Kier alpha value is -2.14. The highest BCUT2D eigenvalue weighted by atomic mass is 35.5. The second kappa shape index (κ2) is 5.67. The monoisotopic (exact) mass is 281 g/mol. The van der Waals surface area contributed by atoms with Crippen molar-refractivity contribution in [3.05, 3.63) is 64.0 Å². The molecule has 0 unspecified atom stereocenters. The third-order valence-corrected chi connectivity index (χ3v) is 2.74. The van der Waals surface area contributed by atoms with Gasteiger partial charge in [0, 0.05) is 11.9 Å². The van der Waals surface area contributed by atoms with Gasteiger partial charge in [-0.1, -0.05) is 12.1 Å². The fraction of sp³-hybridized carbons (Fsp3) is 0.0769. The predicted molar refractivity (Wildman–Crippen MR) is 69.1 cm³/mol. The van der Waals surface area contributed by atoms with Crippen LogP contribution in [0.2, 0.25) is 0 Å². The average Bonchev–Trinajstić information content (AvgIpc) is 2.41. The Labute approximate surface area is 113 Å². The highest BCUT2D eigenvalue weighted by Crippen LogP contribution is 2.27. The van der Waals surface area contributed by atoms with Gasteiger partial charge in [-0.3, -0.25) is 10.1 Å². The lowest BCUT2D eigenvalue weighted by atomic mass is 10.2. The Morgan fingerprint density at radius 2 is 1.89 bits per heavy atom. The van der Waals surface area contributed by atoms with Crippen molar-refractivity contribution in [2.24, 2.45) is 0 Å². The van der Waals surface area contributed by atoms with Gasteiger partial charge in [0.15, 0.2) is 11.6 Å². The van der Waals surface area contributed by atoms with Crippen LogP contribution in [0.25, 0.3) is 0 Å². The van der Waals surface area contributed by atoms with Crippen LogP contribution in [0.5, 0.6) is 11.5 Å². The molecule has 0 saturated carbocycles. The second-order valence-electron chi connectivity index (χ2n) is 3.75. The Balaban J connectivity index is 2.20. The van der Waals surface area contributed by atoms with E-state index < -0.39 is 10.7 Å². The summed E-state index contributed by atoms with van der Waals surface area (Å²) in [6.45, 7) is 0. The molecule has 0 spiro atoms. The number of halogens is 2. The standard InChI is InChI=1S/C13H9ClFNO3/c14-8-9-1-4-11(5-2-9)19-13-6-3-10(16(17)18)7-12(13)15/h1-7H,8H2. The SMILES string of the molecule is O=[N+]([O-])c1ccc(Oc2ccc(CCl)cc2)c(F)c1. The summed E-state index contributed by atoms with van der Waals surface area (Å²) in [5.41, 5.74) is 0.598. The number of hydrogen-bond donors (Lipinski definition) is 0. The van der Waals surface area contributed by atoms with Crippen molar-refractivity contribution >= 4 is 17.3 Å². The van der Waals surface area contributed by atoms with Crippen LogP contribution in [0.1, 0.15) is 5.56 Å². The van der Waals surface area contributed by atoms with E-state index in [1.807, 2.05) is 0 Å². The predicted octanol–water partition coefficient (Wildman–Crippen LogP) is 4.27. The number of nitro benzene ring substituents is 1. The number of nitro groups is 1. The molecule has 4 nitrogen and oxygen atoms in total. The number of rotatable bonds is 4. The molecule has 0 bridgehead atoms. The number of nitrogens with zero attached hydrogens (tertiary/aromatic N) is 1. The van der Waals surface area contributed by atoms with Crippen molar-refractivity contribution in [1.29, 1.82) is 0 Å². The minimum Gasteiger partial charge on any atom is -0.454 e. The van der Waals surface area contributed by atoms with Crippen molar-refractivity contribution in [1.82, 2.24) is 0 Å². The van der Waals surface area contributed by atoms with Crippen molar-refractivity contribution in [2.45, 2.75) is 5.88 Å². The highest BCUT2D eigenvalue weighted by Gasteiger charge is 2.12. The number of benzene rings is 2. The molecule has 2 rings (SSSR count). The van der Waals surface area contributed by atoms with Gasteiger partial charge < -0.3 is 4.74 Å². The fourth-order valence-electron chi connectivity index (χ4n) is 1.46. The lowest BCUT2D eigenvalue weighted by molar-refractivity contribution is -0.385. The van der Waals surface area contributed by atoms with Crippen LogP contribution in [0, 0.1) is 15.9 Å². The summed E-state index contributed by atoms with van der Waals surface area (Å²) in [7, 11) is 0. The minimum absolute atomic E-state index is 0.0655. The molecule has 0 saturated heterocycles. The Morgan fingerprint density at radius 3 is 2.42 bits per heavy atom. The largest absolute Gasteiger partial charge is 0.454 e. The van der Waals surface area contributed by atoms with Crippen LogP contribution >= 0.6 is 11.6 Å². The quantitative estimate of drug-likeness (QED) is 0.478. The van der Waals surface area contributed by atoms with Gasteiger partial charge >= 0.3 is 0 Å². The first kappa shape index (κ1) is 13.3. The molecule has 0 N–H and O–H groups in total. The third-order valence-electron chi connectivity index (χ3n) is 2.43. The smallest absolute Gasteiger partial charge is 0.272 e. The molecule has 2 aromatic rings. The van der Waals surface area contributed by atoms with Gasteiger partial charge in [0.05, 0.1) is 11.0 Å². The zero-order valence-corrected chi connectivity index (χ0v) is 10.4. The van der Waals surface area contributed by atoms with E-state index >= 15 is 0 Å². The van der Waals surface area contributed by atoms with Crippen LogP contribution in [0.15, 0.2) is 42.5 Å². The summed E-state index contributed by atoms with van der Waals surface area (Å²) in [4.78, 5) is 9.81. The van der Waals surface area contributed by atoms with Crippen molar-refractivity contribution in [2.75, 3.05) is 0 Å². The molecule has 0 aliphatic carbocycles. The zero-order valence-electron chi connectivity index (χ0n) is 9.68. The summed E-state index contributed by atoms with van der Waals surface area (Å²) in [6.07, 6.45) is 0. The van der Waals surface area contributed by atoms with Crippen LogP contribution in [0.3, 0.4) is 0 Å². The Kier molecular flexibility index (Phi) is 3.97. The lowest BCUT2D eigenvalue weighted by Crippen LogP contribution is -1.92. The lowest BCUT2D eigenvalue weighted by Gasteiger charge is -2.07. The molecule has 0 radical (unpaired) electrons. The van der Waals surface area contributed by atoms with Gasteiger partial charge in [-0.25, -0.2) is 4.39 Å². The van der Waals surface area contributed by atoms with Gasteiger partial charge in [0.2, 0.25) is 0 Å². The molecule has 0 aromatic heterocycles. The van der Waals surface area contributed by atoms with Gasteiger partial charge in [0.25, 0.3) is 5.69 Å². The van der Waals surface area contributed by atoms with Crippen molar-refractivity contribution in [3.8, 4) is 11.5 Å². The van der Waals surface area contributed by atoms with E-state index in [4.69, 9.17) is 16.3 Å². The van der Waals surface area contributed by atoms with E-state index in [-0.39, 0.29) is 11.4 Å². The normalized spacial score (nSPS) is 10.2. The molecule has 0 atom stereocenters. The number of ether oxygens (including phenoxy) is 1. The Bertz CT molecular complexity index is 601. The van der Waals surface area contributed by atoms with E-state index in [0.717, 1.165) is 11.6 Å². The third kappa shape index (κ3) is 3.20. The van der Waals surface area contributed by atoms with E-state index in [2.05, 4.69) is 0 Å². The van der Waals surface area contributed by atoms with Crippen LogP contribution in [0.4, 0.5) is 10.1 Å². The number of alkyl halides is 1. The topological polar surface area (TPSA) is 52.4 Å². The van der Waals surface area contributed by atoms with E-state index in [0.29, 0.717) is 11.6 Å². The molecular formula is C13H9ClFNO3. The van der Waals surface area contributed by atoms with Crippen LogP contribution < -0.4 is 4.74 Å². The summed E-state index contributed by atoms with van der Waals surface area (Å²) in [5.74, 6) is -0.0342. The highest BCUT2D eigenvalue weighted by molar-refractivity contribution is 6.17. The van der Waals surface area contributed by atoms with E-state index in [1.165, 1.54) is 12.1 Å². The maximum Gasteiger partial charge on any atom is 0.272 e. The maximum absolute atomic E-state index is 13.6. The molecule has 0 heterocycles. The molecule has 0 aliphatic rings. The van der Waals surface area contributed by atoms with Gasteiger partial charge in [-0.05, 0) is 23.8 Å². The first-order valence-corrected chi connectivity index (χ1v) is 5.90. The molecule has 0 fully saturated rings. The van der Waals surface area contributed by atoms with Crippen LogP contribution in [-0.2, 0) is 5.88 Å². The zero-order chi connectivity index (χ0) is 13.8. The Morgan fingerprint density at radius 1 is 1.21 bits per heavy atom. The summed E-state index contributed by atoms with van der Waals surface area (Å²) in [5, 5.41) is 10.5. The molecule has 0 aliphatic heterocycles. The molecule has 19 heavy (non-hydrogen) atoms. The molecule has 0 amide bonds. The summed E-state index contributed by atoms with van der Waals surface area (Å²) >= 11 is 5.65. The van der Waals surface area contributed by atoms with Crippen molar-refractivity contribution in [3.63, 3.8) is 0 Å². The molecular weight excluding hydrogens is 273 g/mol. The average molecular weight is 282 g/mol. The maximum atomic E-state index is 13.6. The van der Waals surface area contributed by atoms with Crippen molar-refractivity contribution < 1.29 is 14.1 Å². The van der Waals surface area contributed by atoms with E-state index in [1.54, 1.807) is 24.3 Å². The first-order chi connectivity index (χ1) is 9.10. The number of hydrogen-bond acceptors (Lipinski definition) is 3. The fourth-order valence-corrected chi connectivity index (χ4v) is 1.64. The van der Waals surface area contributed by atoms with Gasteiger partial charge in [0.1, 0.15) is 5.75 Å². The van der Waals surface area contributed by atoms with Gasteiger partial charge in [-0.2, -0.15) is 0 Å². The van der Waals surface area contributed by atoms with E-state index in [9.17, 15) is 14.5 Å². The first-order valence-electron chi connectivity index (χ1n) is 5.37. The summed E-state index contributed by atoms with van der Waals surface area (Å²) < 4.78 is 18.9. The number of non-ortho nitro benzene ring substituents is 1. The molecule has 98 valence electrons. The summed E-state index contributed by atoms with van der Waals surface area (Å²) in [6, 6.07) is 10.0. The second-order valence-corrected chi connectivity index (χ2v) is 4.02. The van der Waals surface area contributed by atoms with Gasteiger partial charge in [-0.15, -0.1) is 11.6 Å². The van der Waals surface area contributed by atoms with Crippen LogP contribution in [-0.4, -0.2) is 4.92 Å². The minimum atomic E-state index is -0.782. The molecule has 2 aromatic carbocycles. The molecule has 6 heteroatoms.